The summed E-state index contributed by atoms with van der Waals surface area (Å²) in [5.41, 5.74) is 4.39. The SMILES string of the molecule is Cc1cccc(C(=O)N2CCc3c(sc(NCc4ccc(F)cc4)c3C#N)C2)c1. The van der Waals surface area contributed by atoms with E-state index in [0.717, 1.165) is 26.6 Å². The summed E-state index contributed by atoms with van der Waals surface area (Å²) in [5.74, 6) is -0.247. The Morgan fingerprint density at radius 3 is 2.79 bits per heavy atom. The van der Waals surface area contributed by atoms with Crippen LogP contribution in [0.25, 0.3) is 0 Å². The Bertz CT molecular complexity index is 1100. The molecule has 0 unspecified atom stereocenters. The molecule has 0 saturated carbocycles. The van der Waals surface area contributed by atoms with Gasteiger partial charge in [0.25, 0.3) is 5.91 Å². The van der Waals surface area contributed by atoms with Gasteiger partial charge in [-0.25, -0.2) is 4.39 Å². The molecule has 0 aliphatic carbocycles. The van der Waals surface area contributed by atoms with Crippen molar-refractivity contribution in [2.45, 2.75) is 26.4 Å². The first-order chi connectivity index (χ1) is 14.0. The monoisotopic (exact) mass is 405 g/mol. The number of carbonyl (C=O) groups excluding carboxylic acids is 1. The number of nitrogens with one attached hydrogen (secondary N) is 1. The van der Waals surface area contributed by atoms with Crippen LogP contribution in [0.4, 0.5) is 9.39 Å². The smallest absolute Gasteiger partial charge is 0.254 e. The fourth-order valence-corrected chi connectivity index (χ4v) is 4.77. The first-order valence-electron chi connectivity index (χ1n) is 9.44. The Morgan fingerprint density at radius 1 is 1.28 bits per heavy atom. The third kappa shape index (κ3) is 4.01. The summed E-state index contributed by atoms with van der Waals surface area (Å²) < 4.78 is 13.1. The molecular weight excluding hydrogens is 385 g/mol. The first-order valence-corrected chi connectivity index (χ1v) is 10.3. The minimum absolute atomic E-state index is 0.0204. The molecule has 2 aromatic carbocycles. The van der Waals surface area contributed by atoms with Gasteiger partial charge < -0.3 is 10.2 Å². The van der Waals surface area contributed by atoms with E-state index in [0.29, 0.717) is 37.2 Å². The molecule has 0 spiro atoms. The standard InChI is InChI=1S/C23H20FN3OS/c1-15-3-2-4-17(11-15)23(28)27-10-9-19-20(12-25)22(29-21(19)14-27)26-13-16-5-7-18(24)8-6-16/h2-8,11,26H,9-10,13-14H2,1H3. The number of carbonyl (C=O) groups is 1. The zero-order valence-electron chi connectivity index (χ0n) is 16.0. The van der Waals surface area contributed by atoms with Gasteiger partial charge in [-0.2, -0.15) is 5.26 Å². The second-order valence-corrected chi connectivity index (χ2v) is 8.25. The second-order valence-electron chi connectivity index (χ2n) is 7.15. The fourth-order valence-electron chi connectivity index (χ4n) is 3.56. The minimum Gasteiger partial charge on any atom is -0.372 e. The molecule has 0 atom stereocenters. The van der Waals surface area contributed by atoms with Gasteiger partial charge in [0.15, 0.2) is 0 Å². The molecule has 0 saturated heterocycles. The maximum atomic E-state index is 13.1. The topological polar surface area (TPSA) is 56.1 Å². The van der Waals surface area contributed by atoms with Gasteiger partial charge in [0, 0.05) is 23.5 Å². The van der Waals surface area contributed by atoms with E-state index in [1.54, 1.807) is 12.1 Å². The Balaban J connectivity index is 1.52. The molecule has 146 valence electrons. The molecule has 3 aromatic rings. The normalized spacial score (nSPS) is 12.9. The second kappa shape index (κ2) is 8.06. The molecule has 4 nitrogen and oxygen atoms in total. The predicted molar refractivity (Wildman–Crippen MR) is 112 cm³/mol. The van der Waals surface area contributed by atoms with Crippen LogP contribution < -0.4 is 5.32 Å². The van der Waals surface area contributed by atoms with Crippen molar-refractivity contribution in [1.29, 1.82) is 5.26 Å². The average Bonchev–Trinajstić information content (AvgIpc) is 3.09. The maximum absolute atomic E-state index is 13.1. The molecule has 0 bridgehead atoms. The van der Waals surface area contributed by atoms with E-state index < -0.39 is 0 Å². The van der Waals surface area contributed by atoms with Gasteiger partial charge in [-0.1, -0.05) is 29.8 Å². The maximum Gasteiger partial charge on any atom is 0.254 e. The van der Waals surface area contributed by atoms with Gasteiger partial charge in [-0.3, -0.25) is 4.79 Å². The van der Waals surface area contributed by atoms with Gasteiger partial charge in [0.1, 0.15) is 16.9 Å². The molecule has 4 rings (SSSR count). The van der Waals surface area contributed by atoms with Crippen molar-refractivity contribution in [2.24, 2.45) is 0 Å². The lowest BCUT2D eigenvalue weighted by molar-refractivity contribution is 0.0737. The van der Waals surface area contributed by atoms with E-state index in [4.69, 9.17) is 0 Å². The van der Waals surface area contributed by atoms with Crippen LogP contribution in [-0.2, 0) is 19.5 Å². The van der Waals surface area contributed by atoms with Crippen LogP contribution in [0.3, 0.4) is 0 Å². The molecule has 1 aliphatic heterocycles. The summed E-state index contributed by atoms with van der Waals surface area (Å²) >= 11 is 1.53. The lowest BCUT2D eigenvalue weighted by Crippen LogP contribution is -2.35. The molecule has 1 aliphatic rings. The molecule has 29 heavy (non-hydrogen) atoms. The number of thiophene rings is 1. The van der Waals surface area contributed by atoms with E-state index in [9.17, 15) is 14.4 Å². The Hall–Kier alpha value is -3.17. The summed E-state index contributed by atoms with van der Waals surface area (Å²) in [6.45, 7) is 3.60. The molecule has 0 fully saturated rings. The number of amides is 1. The van der Waals surface area contributed by atoms with E-state index >= 15 is 0 Å². The van der Waals surface area contributed by atoms with Gasteiger partial charge in [0.05, 0.1) is 12.1 Å². The highest BCUT2D eigenvalue weighted by Gasteiger charge is 2.27. The number of benzene rings is 2. The van der Waals surface area contributed by atoms with Gasteiger partial charge in [0.2, 0.25) is 0 Å². The van der Waals surface area contributed by atoms with Crippen molar-refractivity contribution in [3.8, 4) is 6.07 Å². The molecule has 0 radical (unpaired) electrons. The van der Waals surface area contributed by atoms with Crippen molar-refractivity contribution in [1.82, 2.24) is 4.90 Å². The van der Waals surface area contributed by atoms with E-state index in [1.165, 1.54) is 23.5 Å². The average molecular weight is 405 g/mol. The number of nitriles is 1. The van der Waals surface area contributed by atoms with Crippen LogP contribution in [-0.4, -0.2) is 17.4 Å². The van der Waals surface area contributed by atoms with Crippen LogP contribution in [0.15, 0.2) is 48.5 Å². The number of hydrogen-bond acceptors (Lipinski definition) is 4. The molecule has 1 amide bonds. The number of aryl methyl sites for hydroxylation is 1. The number of fused-ring (bicyclic) bond motifs is 1. The number of halogens is 1. The fraction of sp³-hybridized carbons (Fsp3) is 0.217. The third-order valence-corrected chi connectivity index (χ3v) is 6.26. The van der Waals surface area contributed by atoms with Crippen LogP contribution in [0.5, 0.6) is 0 Å². The van der Waals surface area contributed by atoms with Crippen LogP contribution >= 0.6 is 11.3 Å². The summed E-state index contributed by atoms with van der Waals surface area (Å²) in [5, 5.41) is 13.8. The number of rotatable bonds is 4. The summed E-state index contributed by atoms with van der Waals surface area (Å²) in [6.07, 6.45) is 0.671. The Labute approximate surface area is 173 Å². The summed E-state index contributed by atoms with van der Waals surface area (Å²) in [4.78, 5) is 15.8. The van der Waals surface area contributed by atoms with Gasteiger partial charge in [-0.05, 0) is 48.7 Å². The highest BCUT2D eigenvalue weighted by Crippen LogP contribution is 2.37. The molecular formula is C23H20FN3OS. The van der Waals surface area contributed by atoms with Crippen LogP contribution in [0, 0.1) is 24.1 Å². The first kappa shape index (κ1) is 19.2. The van der Waals surface area contributed by atoms with Crippen molar-refractivity contribution >= 4 is 22.2 Å². The highest BCUT2D eigenvalue weighted by molar-refractivity contribution is 7.16. The molecule has 6 heteroatoms. The van der Waals surface area contributed by atoms with Gasteiger partial charge in [-0.15, -0.1) is 11.3 Å². The lowest BCUT2D eigenvalue weighted by atomic mass is 10.0. The number of hydrogen-bond donors (Lipinski definition) is 1. The van der Waals surface area contributed by atoms with Crippen LogP contribution in [0.2, 0.25) is 0 Å². The quantitative estimate of drug-likeness (QED) is 0.673. The van der Waals surface area contributed by atoms with Crippen molar-refractivity contribution < 1.29 is 9.18 Å². The van der Waals surface area contributed by atoms with E-state index in [1.807, 2.05) is 36.1 Å². The van der Waals surface area contributed by atoms with Gasteiger partial charge >= 0.3 is 0 Å². The molecule has 1 aromatic heterocycles. The lowest BCUT2D eigenvalue weighted by Gasteiger charge is -2.27. The highest BCUT2D eigenvalue weighted by atomic mass is 32.1. The molecule has 1 N–H and O–H groups in total. The molecule has 2 heterocycles. The minimum atomic E-state index is -0.267. The Morgan fingerprint density at radius 2 is 2.07 bits per heavy atom. The van der Waals surface area contributed by atoms with E-state index in [2.05, 4.69) is 11.4 Å². The zero-order chi connectivity index (χ0) is 20.4. The van der Waals surface area contributed by atoms with Crippen molar-refractivity contribution in [2.75, 3.05) is 11.9 Å². The largest absolute Gasteiger partial charge is 0.372 e. The van der Waals surface area contributed by atoms with Crippen LogP contribution in [0.1, 0.15) is 37.5 Å². The Kier molecular flexibility index (Phi) is 5.32. The number of nitrogens with zero attached hydrogens (tertiary/aromatic N) is 2. The number of anilines is 1. The predicted octanol–water partition coefficient (Wildman–Crippen LogP) is 4.88. The van der Waals surface area contributed by atoms with Crippen molar-refractivity contribution in [3.63, 3.8) is 0 Å². The summed E-state index contributed by atoms with van der Waals surface area (Å²) in [6, 6.07) is 16.2. The van der Waals surface area contributed by atoms with E-state index in [-0.39, 0.29) is 11.7 Å². The van der Waals surface area contributed by atoms with Crippen molar-refractivity contribution in [3.05, 3.63) is 87.0 Å². The zero-order valence-corrected chi connectivity index (χ0v) is 16.9. The summed E-state index contributed by atoms with van der Waals surface area (Å²) in [7, 11) is 0. The third-order valence-electron chi connectivity index (χ3n) is 5.09.